The van der Waals surface area contributed by atoms with Crippen LogP contribution in [-0.4, -0.2) is 32.3 Å². The van der Waals surface area contributed by atoms with Gasteiger partial charge in [-0.15, -0.1) is 6.58 Å². The first-order chi connectivity index (χ1) is 14.0. The number of aromatic nitrogens is 3. The molecule has 0 radical (unpaired) electrons. The number of carbonyl (C=O) groups is 1. The van der Waals surface area contributed by atoms with Crippen LogP contribution < -0.4 is 5.32 Å². The summed E-state index contributed by atoms with van der Waals surface area (Å²) in [6.45, 7) is 7.65. The second kappa shape index (κ2) is 7.40. The van der Waals surface area contributed by atoms with E-state index in [0.29, 0.717) is 29.0 Å². The van der Waals surface area contributed by atoms with Gasteiger partial charge in [-0.05, 0) is 30.7 Å². The van der Waals surface area contributed by atoms with E-state index in [4.69, 9.17) is 4.74 Å². The lowest BCUT2D eigenvalue weighted by Crippen LogP contribution is -2.32. The van der Waals surface area contributed by atoms with Crippen molar-refractivity contribution in [3.05, 3.63) is 72.7 Å². The monoisotopic (exact) mass is 394 g/mol. The Hall–Kier alpha value is -3.06. The number of benzene rings is 1. The molecular formula is C22H23FN4O2. The van der Waals surface area contributed by atoms with Crippen molar-refractivity contribution in [3.8, 4) is 0 Å². The second-order valence-electron chi connectivity index (χ2n) is 7.27. The normalized spacial score (nSPS) is 26.5. The molecule has 1 fully saturated rings. The number of rotatable bonds is 5. The number of amides is 1. The summed E-state index contributed by atoms with van der Waals surface area (Å²) in [5, 5.41) is 7.07. The lowest BCUT2D eigenvalue weighted by Gasteiger charge is -2.27. The first-order valence-electron chi connectivity index (χ1n) is 9.65. The number of ether oxygens (including phenoxy) is 1. The molecule has 0 unspecified atom stereocenters. The van der Waals surface area contributed by atoms with Gasteiger partial charge in [-0.2, -0.15) is 5.10 Å². The SMILES string of the molecule is C=C[C@]1(CC)O[C@@H](c2ccc3c(NC(=O)c4ccccc4)ncnn23)[C@H](F)[C@@H]1C. The fourth-order valence-corrected chi connectivity index (χ4v) is 3.98. The lowest BCUT2D eigenvalue weighted by molar-refractivity contribution is -0.0305. The topological polar surface area (TPSA) is 68.5 Å². The minimum Gasteiger partial charge on any atom is -0.358 e. The van der Waals surface area contributed by atoms with Crippen LogP contribution in [0.25, 0.3) is 5.52 Å². The molecule has 4 atom stereocenters. The minimum atomic E-state index is -1.21. The van der Waals surface area contributed by atoms with E-state index in [0.717, 1.165) is 0 Å². The van der Waals surface area contributed by atoms with Gasteiger partial charge in [0.15, 0.2) is 5.82 Å². The second-order valence-corrected chi connectivity index (χ2v) is 7.27. The maximum absolute atomic E-state index is 15.2. The number of nitrogens with one attached hydrogen (secondary N) is 1. The van der Waals surface area contributed by atoms with Crippen LogP contribution in [0.1, 0.15) is 42.4 Å². The molecule has 3 heterocycles. The van der Waals surface area contributed by atoms with Crippen molar-refractivity contribution in [2.45, 2.75) is 38.1 Å². The van der Waals surface area contributed by atoms with E-state index in [1.54, 1.807) is 47.0 Å². The van der Waals surface area contributed by atoms with Crippen molar-refractivity contribution < 1.29 is 13.9 Å². The Bertz CT molecular complexity index is 1050. The fourth-order valence-electron chi connectivity index (χ4n) is 3.98. The Morgan fingerprint density at radius 3 is 2.76 bits per heavy atom. The Morgan fingerprint density at radius 1 is 1.34 bits per heavy atom. The molecule has 4 rings (SSSR count). The van der Waals surface area contributed by atoms with Gasteiger partial charge in [0, 0.05) is 11.5 Å². The summed E-state index contributed by atoms with van der Waals surface area (Å²) in [5.74, 6) is -0.258. The van der Waals surface area contributed by atoms with Gasteiger partial charge in [0.25, 0.3) is 5.91 Å². The largest absolute Gasteiger partial charge is 0.358 e. The zero-order valence-corrected chi connectivity index (χ0v) is 16.4. The van der Waals surface area contributed by atoms with E-state index < -0.39 is 17.9 Å². The number of hydrogen-bond acceptors (Lipinski definition) is 4. The smallest absolute Gasteiger partial charge is 0.256 e. The van der Waals surface area contributed by atoms with Crippen LogP contribution in [0.4, 0.5) is 10.2 Å². The summed E-state index contributed by atoms with van der Waals surface area (Å²) in [7, 11) is 0. The number of fused-ring (bicyclic) bond motifs is 1. The molecule has 0 spiro atoms. The van der Waals surface area contributed by atoms with Crippen LogP contribution in [0.3, 0.4) is 0 Å². The van der Waals surface area contributed by atoms with E-state index in [9.17, 15) is 4.79 Å². The number of alkyl halides is 1. The third-order valence-electron chi connectivity index (χ3n) is 5.82. The lowest BCUT2D eigenvalue weighted by atomic mass is 9.85. The molecule has 29 heavy (non-hydrogen) atoms. The molecule has 6 nitrogen and oxygen atoms in total. The van der Waals surface area contributed by atoms with Crippen molar-refractivity contribution in [2.75, 3.05) is 5.32 Å². The number of halogens is 1. The molecule has 1 aromatic carbocycles. The quantitative estimate of drug-likeness (QED) is 0.653. The van der Waals surface area contributed by atoms with Crippen LogP contribution in [0, 0.1) is 5.92 Å². The molecule has 7 heteroatoms. The molecule has 1 aliphatic rings. The summed E-state index contributed by atoms with van der Waals surface area (Å²) >= 11 is 0. The summed E-state index contributed by atoms with van der Waals surface area (Å²) in [6.07, 6.45) is 1.68. The van der Waals surface area contributed by atoms with Crippen molar-refractivity contribution >= 4 is 17.2 Å². The highest BCUT2D eigenvalue weighted by atomic mass is 19.1. The summed E-state index contributed by atoms with van der Waals surface area (Å²) in [5.41, 5.74) is 0.953. The minimum absolute atomic E-state index is 0.278. The van der Waals surface area contributed by atoms with E-state index in [1.165, 1.54) is 6.33 Å². The highest BCUT2D eigenvalue weighted by molar-refractivity contribution is 6.05. The first-order valence-corrected chi connectivity index (χ1v) is 9.65. The molecule has 150 valence electrons. The Kier molecular flexibility index (Phi) is 4.92. The Balaban J connectivity index is 1.68. The van der Waals surface area contributed by atoms with E-state index in [2.05, 4.69) is 22.0 Å². The standard InChI is InChI=1S/C22H23FN4O2/c1-4-22(5-2)14(3)18(23)19(29-22)16-11-12-17-20(24-13-25-27(16)17)26-21(28)15-9-7-6-8-10-15/h4,6-14,18-19H,1,5H2,2-3H3,(H,24,25,26,28)/t14-,18+,19-,22+/m0/s1. The van der Waals surface area contributed by atoms with Crippen LogP contribution in [0.5, 0.6) is 0 Å². The third kappa shape index (κ3) is 3.11. The van der Waals surface area contributed by atoms with Crippen LogP contribution in [0.2, 0.25) is 0 Å². The van der Waals surface area contributed by atoms with Crippen LogP contribution >= 0.6 is 0 Å². The van der Waals surface area contributed by atoms with Crippen molar-refractivity contribution in [1.29, 1.82) is 0 Å². The van der Waals surface area contributed by atoms with E-state index in [-0.39, 0.29) is 11.8 Å². The molecule has 1 saturated heterocycles. The average molecular weight is 394 g/mol. The number of carbonyl (C=O) groups excluding carboxylic acids is 1. The van der Waals surface area contributed by atoms with Crippen molar-refractivity contribution in [1.82, 2.24) is 14.6 Å². The van der Waals surface area contributed by atoms with Gasteiger partial charge >= 0.3 is 0 Å². The third-order valence-corrected chi connectivity index (χ3v) is 5.82. The summed E-state index contributed by atoms with van der Waals surface area (Å²) in [6, 6.07) is 12.4. The first kappa shape index (κ1) is 19.3. The van der Waals surface area contributed by atoms with Crippen molar-refractivity contribution in [3.63, 3.8) is 0 Å². The molecule has 1 N–H and O–H groups in total. The predicted molar refractivity (Wildman–Crippen MR) is 108 cm³/mol. The van der Waals surface area contributed by atoms with Gasteiger partial charge in [-0.25, -0.2) is 13.9 Å². The zero-order chi connectivity index (χ0) is 20.6. The van der Waals surface area contributed by atoms with Gasteiger partial charge in [-0.1, -0.05) is 38.1 Å². The zero-order valence-electron chi connectivity index (χ0n) is 16.4. The molecule has 1 aliphatic heterocycles. The molecule has 2 aromatic heterocycles. The van der Waals surface area contributed by atoms with Crippen LogP contribution in [0.15, 0.2) is 61.4 Å². The fraction of sp³-hybridized carbons (Fsp3) is 0.318. The number of anilines is 1. The molecule has 0 saturated carbocycles. The van der Waals surface area contributed by atoms with Crippen LogP contribution in [-0.2, 0) is 4.74 Å². The van der Waals surface area contributed by atoms with Crippen molar-refractivity contribution in [2.24, 2.45) is 5.92 Å². The maximum atomic E-state index is 15.2. The molecule has 3 aromatic rings. The van der Waals surface area contributed by atoms with E-state index >= 15 is 4.39 Å². The highest BCUT2D eigenvalue weighted by Gasteiger charge is 2.51. The summed E-state index contributed by atoms with van der Waals surface area (Å²) < 4.78 is 22.9. The van der Waals surface area contributed by atoms with Gasteiger partial charge in [0.2, 0.25) is 0 Å². The number of hydrogen-bond donors (Lipinski definition) is 1. The van der Waals surface area contributed by atoms with E-state index in [1.807, 2.05) is 19.9 Å². The van der Waals surface area contributed by atoms with Gasteiger partial charge in [0.1, 0.15) is 24.1 Å². The molecule has 0 bridgehead atoms. The molecule has 1 amide bonds. The Labute approximate surface area is 168 Å². The Morgan fingerprint density at radius 2 is 2.10 bits per heavy atom. The van der Waals surface area contributed by atoms with Gasteiger partial charge in [-0.3, -0.25) is 4.79 Å². The predicted octanol–water partition coefficient (Wildman–Crippen LogP) is 4.36. The maximum Gasteiger partial charge on any atom is 0.256 e. The van der Waals surface area contributed by atoms with Gasteiger partial charge in [0.05, 0.1) is 11.3 Å². The number of nitrogens with zero attached hydrogens (tertiary/aromatic N) is 3. The molecule has 0 aliphatic carbocycles. The van der Waals surface area contributed by atoms with Gasteiger partial charge < -0.3 is 10.1 Å². The highest BCUT2D eigenvalue weighted by Crippen LogP contribution is 2.48. The summed E-state index contributed by atoms with van der Waals surface area (Å²) in [4.78, 5) is 16.7. The molecular weight excluding hydrogens is 371 g/mol. The average Bonchev–Trinajstić information content (AvgIpc) is 3.29.